The number of ether oxygens (including phenoxy) is 1. The Morgan fingerprint density at radius 1 is 1.18 bits per heavy atom. The third kappa shape index (κ3) is 4.45. The van der Waals surface area contributed by atoms with Crippen molar-refractivity contribution in [2.75, 3.05) is 13.4 Å². The summed E-state index contributed by atoms with van der Waals surface area (Å²) in [5.41, 5.74) is 1.50. The fourth-order valence-electron chi connectivity index (χ4n) is 2.34. The van der Waals surface area contributed by atoms with Gasteiger partial charge in [-0.1, -0.05) is 12.0 Å². The lowest BCUT2D eigenvalue weighted by molar-refractivity contribution is 0.100. The summed E-state index contributed by atoms with van der Waals surface area (Å²) in [5, 5.41) is 0. The molecule has 142 valence electrons. The normalized spacial score (nSPS) is 12.4. The molecule has 0 spiro atoms. The van der Waals surface area contributed by atoms with Crippen LogP contribution in [0.5, 0.6) is 5.75 Å². The molecule has 0 aliphatic rings. The Labute approximate surface area is 163 Å². The van der Waals surface area contributed by atoms with Gasteiger partial charge in [0.05, 0.1) is 39.8 Å². The van der Waals surface area contributed by atoms with Gasteiger partial charge >= 0.3 is 0 Å². The van der Waals surface area contributed by atoms with Crippen molar-refractivity contribution in [1.82, 2.24) is 14.5 Å². The Balaban J connectivity index is 1.90. The molecule has 0 saturated heterocycles. The fraction of sp³-hybridized carbons (Fsp3) is 0.150. The molecule has 28 heavy (non-hydrogen) atoms. The second-order valence-corrected chi connectivity index (χ2v) is 8.24. The third-order valence-corrected chi connectivity index (χ3v) is 5.52. The Hall–Kier alpha value is -3.44. The van der Waals surface area contributed by atoms with Gasteiger partial charge in [0.25, 0.3) is 5.91 Å². The number of hydrogen-bond donors (Lipinski definition) is 0. The van der Waals surface area contributed by atoms with Crippen LogP contribution in [0.25, 0.3) is 0 Å². The SMILES string of the molecule is COc1cccc(S(C)(=O)=NC(=O)c2cncc(C#Cc3cncn3C)c2)c1. The van der Waals surface area contributed by atoms with E-state index in [2.05, 4.69) is 26.2 Å². The summed E-state index contributed by atoms with van der Waals surface area (Å²) in [6.45, 7) is 0. The molecule has 0 bridgehead atoms. The third-order valence-electron chi connectivity index (χ3n) is 3.87. The Bertz CT molecular complexity index is 1210. The van der Waals surface area contributed by atoms with Gasteiger partial charge in [0.2, 0.25) is 0 Å². The predicted octanol–water partition coefficient (Wildman–Crippen LogP) is 2.52. The fourth-order valence-corrected chi connectivity index (χ4v) is 3.53. The quantitative estimate of drug-likeness (QED) is 0.637. The number of aryl methyl sites for hydroxylation is 1. The van der Waals surface area contributed by atoms with Crippen molar-refractivity contribution in [3.63, 3.8) is 0 Å². The van der Waals surface area contributed by atoms with Gasteiger partial charge in [-0.25, -0.2) is 9.19 Å². The lowest BCUT2D eigenvalue weighted by atomic mass is 10.2. The topological polar surface area (TPSA) is 86.4 Å². The molecule has 1 atom stereocenters. The van der Waals surface area contributed by atoms with E-state index in [0.717, 1.165) is 5.69 Å². The maximum Gasteiger partial charge on any atom is 0.286 e. The highest BCUT2D eigenvalue weighted by atomic mass is 32.2. The van der Waals surface area contributed by atoms with Gasteiger partial charge in [0.15, 0.2) is 0 Å². The minimum absolute atomic E-state index is 0.217. The average molecular weight is 394 g/mol. The van der Waals surface area contributed by atoms with E-state index >= 15 is 0 Å². The first-order valence-corrected chi connectivity index (χ1v) is 10.2. The first kappa shape index (κ1) is 19.3. The second kappa shape index (κ2) is 8.06. The molecule has 0 N–H and O–H groups in total. The summed E-state index contributed by atoms with van der Waals surface area (Å²) in [4.78, 5) is 21.0. The Kier molecular flexibility index (Phi) is 5.57. The van der Waals surface area contributed by atoms with E-state index < -0.39 is 15.6 Å². The van der Waals surface area contributed by atoms with Crippen molar-refractivity contribution in [1.29, 1.82) is 0 Å². The molecule has 1 aromatic carbocycles. The van der Waals surface area contributed by atoms with E-state index in [1.807, 2.05) is 7.05 Å². The summed E-state index contributed by atoms with van der Waals surface area (Å²) >= 11 is 0. The van der Waals surface area contributed by atoms with Gasteiger partial charge in [0.1, 0.15) is 11.4 Å². The van der Waals surface area contributed by atoms with Gasteiger partial charge in [-0.15, -0.1) is 0 Å². The van der Waals surface area contributed by atoms with Crippen LogP contribution in [-0.4, -0.2) is 38.0 Å². The minimum atomic E-state index is -2.94. The summed E-state index contributed by atoms with van der Waals surface area (Å²) in [7, 11) is 0.418. The van der Waals surface area contributed by atoms with Crippen LogP contribution in [0.1, 0.15) is 21.6 Å². The molecule has 1 unspecified atom stereocenters. The first-order chi connectivity index (χ1) is 13.4. The zero-order chi connectivity index (χ0) is 20.1. The largest absolute Gasteiger partial charge is 0.497 e. The molecular formula is C20H18N4O3S. The predicted molar refractivity (Wildman–Crippen MR) is 106 cm³/mol. The number of pyridine rings is 1. The molecule has 3 rings (SSSR count). The van der Waals surface area contributed by atoms with Gasteiger partial charge in [-0.3, -0.25) is 9.78 Å². The van der Waals surface area contributed by atoms with Crippen LogP contribution in [0.15, 0.2) is 64.5 Å². The molecule has 8 heteroatoms. The van der Waals surface area contributed by atoms with Crippen molar-refractivity contribution < 1.29 is 13.7 Å². The molecular weight excluding hydrogens is 376 g/mol. The van der Waals surface area contributed by atoms with Gasteiger partial charge in [-0.2, -0.15) is 4.36 Å². The van der Waals surface area contributed by atoms with Crippen molar-refractivity contribution in [2.45, 2.75) is 4.90 Å². The lowest BCUT2D eigenvalue weighted by Crippen LogP contribution is -2.05. The van der Waals surface area contributed by atoms with E-state index in [-0.39, 0.29) is 5.56 Å². The number of nitrogens with zero attached hydrogens (tertiary/aromatic N) is 4. The number of benzene rings is 1. The number of carbonyl (C=O) groups is 1. The lowest BCUT2D eigenvalue weighted by Gasteiger charge is -2.06. The molecule has 2 aromatic heterocycles. The number of hydrogen-bond acceptors (Lipinski definition) is 5. The highest BCUT2D eigenvalue weighted by molar-refractivity contribution is 7.93. The van der Waals surface area contributed by atoms with Crippen LogP contribution in [0.3, 0.4) is 0 Å². The summed E-state index contributed by atoms with van der Waals surface area (Å²) in [5.74, 6) is 5.82. The van der Waals surface area contributed by atoms with E-state index in [1.54, 1.807) is 53.6 Å². The smallest absolute Gasteiger partial charge is 0.286 e. The van der Waals surface area contributed by atoms with Crippen LogP contribution < -0.4 is 4.74 Å². The molecule has 0 radical (unpaired) electrons. The Morgan fingerprint density at radius 3 is 2.71 bits per heavy atom. The maximum absolute atomic E-state index is 12.9. The number of amides is 1. The van der Waals surface area contributed by atoms with Crippen molar-refractivity contribution in [3.8, 4) is 17.6 Å². The number of imidazole rings is 1. The summed E-state index contributed by atoms with van der Waals surface area (Å²) in [6, 6.07) is 8.26. The van der Waals surface area contributed by atoms with Gasteiger partial charge in [-0.05, 0) is 30.2 Å². The number of aromatic nitrogens is 3. The van der Waals surface area contributed by atoms with E-state index in [9.17, 15) is 9.00 Å². The molecule has 0 fully saturated rings. The van der Waals surface area contributed by atoms with Crippen LogP contribution in [0.4, 0.5) is 0 Å². The highest BCUT2D eigenvalue weighted by Gasteiger charge is 2.13. The van der Waals surface area contributed by atoms with Crippen LogP contribution in [0.2, 0.25) is 0 Å². The number of rotatable bonds is 3. The van der Waals surface area contributed by atoms with E-state index in [0.29, 0.717) is 16.2 Å². The van der Waals surface area contributed by atoms with Gasteiger partial charge in [0, 0.05) is 31.3 Å². The molecule has 1 amide bonds. The number of methoxy groups -OCH3 is 1. The highest BCUT2D eigenvalue weighted by Crippen LogP contribution is 2.19. The van der Waals surface area contributed by atoms with Crippen molar-refractivity contribution in [2.24, 2.45) is 11.4 Å². The molecule has 0 aliphatic heterocycles. The van der Waals surface area contributed by atoms with Crippen LogP contribution in [0, 0.1) is 11.8 Å². The summed E-state index contributed by atoms with van der Waals surface area (Å²) < 4.78 is 23.8. The molecule has 7 nitrogen and oxygen atoms in total. The molecule has 0 saturated carbocycles. The van der Waals surface area contributed by atoms with E-state index in [1.165, 1.54) is 19.6 Å². The maximum atomic E-state index is 12.9. The average Bonchev–Trinajstić information content (AvgIpc) is 3.11. The zero-order valence-corrected chi connectivity index (χ0v) is 16.4. The van der Waals surface area contributed by atoms with Crippen LogP contribution in [-0.2, 0) is 16.8 Å². The second-order valence-electron chi connectivity index (χ2n) is 5.98. The minimum Gasteiger partial charge on any atom is -0.497 e. The van der Waals surface area contributed by atoms with Gasteiger partial charge < -0.3 is 9.30 Å². The zero-order valence-electron chi connectivity index (χ0n) is 15.6. The first-order valence-electron chi connectivity index (χ1n) is 8.23. The van der Waals surface area contributed by atoms with E-state index in [4.69, 9.17) is 4.74 Å². The van der Waals surface area contributed by atoms with Crippen molar-refractivity contribution >= 4 is 15.6 Å². The summed E-state index contributed by atoms with van der Waals surface area (Å²) in [6.07, 6.45) is 7.63. The monoisotopic (exact) mass is 394 g/mol. The standard InChI is InChI=1S/C20H18N4O3S/c1-24-14-22-13-17(24)8-7-15-9-16(12-21-11-15)20(25)23-28(3,26)19-6-4-5-18(10-19)27-2/h4-6,9-14H,1-3H3. The number of carbonyl (C=O) groups excluding carboxylic acids is 1. The van der Waals surface area contributed by atoms with Crippen molar-refractivity contribution in [3.05, 3.63) is 72.1 Å². The molecule has 0 aliphatic carbocycles. The molecule has 3 aromatic rings. The molecule has 2 heterocycles. The Morgan fingerprint density at radius 2 is 2.00 bits per heavy atom. The van der Waals surface area contributed by atoms with Crippen LogP contribution >= 0.6 is 0 Å².